The van der Waals surface area contributed by atoms with Gasteiger partial charge < -0.3 is 10.8 Å². The van der Waals surface area contributed by atoms with Gasteiger partial charge in [-0.1, -0.05) is 6.07 Å². The third-order valence-corrected chi connectivity index (χ3v) is 2.33. The molecule has 2 aromatic rings. The van der Waals surface area contributed by atoms with Crippen molar-refractivity contribution in [2.24, 2.45) is 5.73 Å². The number of aliphatic hydroxyl groups excluding tert-OH is 1. The molecule has 0 fully saturated rings. The van der Waals surface area contributed by atoms with Crippen molar-refractivity contribution < 1.29 is 9.90 Å². The maximum atomic E-state index is 10.9. The highest BCUT2D eigenvalue weighted by Gasteiger charge is 2.07. The second-order valence-corrected chi connectivity index (χ2v) is 3.64. The fourth-order valence-corrected chi connectivity index (χ4v) is 1.36. The molecule has 2 heterocycles. The van der Waals surface area contributed by atoms with Crippen LogP contribution in [0.2, 0.25) is 0 Å². The number of hydrogen-bond donors (Lipinski definition) is 2. The fourth-order valence-electron chi connectivity index (χ4n) is 1.36. The number of nitrogens with two attached hydrogens (primary N) is 1. The molecule has 2 aromatic heterocycles. The monoisotopic (exact) mass is 232 g/mol. The predicted molar refractivity (Wildman–Crippen MR) is 60.5 cm³/mol. The van der Waals surface area contributed by atoms with Gasteiger partial charge in [0.2, 0.25) is 0 Å². The SMILES string of the molecule is CC(O)c1ccc(-n2ccc(C(N)=O)n2)nc1. The van der Waals surface area contributed by atoms with Gasteiger partial charge in [-0.25, -0.2) is 9.67 Å². The van der Waals surface area contributed by atoms with Gasteiger partial charge in [0.05, 0.1) is 6.10 Å². The summed E-state index contributed by atoms with van der Waals surface area (Å²) in [5.74, 6) is -0.0220. The Bertz CT molecular complexity index is 531. The minimum Gasteiger partial charge on any atom is -0.389 e. The number of primary amides is 1. The second kappa shape index (κ2) is 4.34. The molecular weight excluding hydrogens is 220 g/mol. The number of pyridine rings is 1. The zero-order valence-corrected chi connectivity index (χ0v) is 9.24. The number of hydrogen-bond acceptors (Lipinski definition) is 4. The molecule has 0 aliphatic rings. The highest BCUT2D eigenvalue weighted by molar-refractivity contribution is 5.90. The average molecular weight is 232 g/mol. The van der Waals surface area contributed by atoms with Crippen molar-refractivity contribution in [2.45, 2.75) is 13.0 Å². The first-order chi connectivity index (χ1) is 8.08. The van der Waals surface area contributed by atoms with E-state index in [1.54, 1.807) is 31.5 Å². The third-order valence-electron chi connectivity index (χ3n) is 2.33. The van der Waals surface area contributed by atoms with Gasteiger partial charge in [0.15, 0.2) is 5.82 Å². The minimum atomic E-state index is -0.579. The molecule has 0 bridgehead atoms. The highest BCUT2D eigenvalue weighted by Crippen LogP contribution is 2.12. The van der Waals surface area contributed by atoms with E-state index < -0.39 is 12.0 Å². The second-order valence-electron chi connectivity index (χ2n) is 3.64. The van der Waals surface area contributed by atoms with E-state index in [0.717, 1.165) is 5.56 Å². The molecule has 6 nitrogen and oxygen atoms in total. The van der Waals surface area contributed by atoms with E-state index in [2.05, 4.69) is 10.1 Å². The van der Waals surface area contributed by atoms with E-state index in [-0.39, 0.29) is 5.69 Å². The van der Waals surface area contributed by atoms with E-state index in [1.807, 2.05) is 0 Å². The molecule has 0 spiro atoms. The molecule has 0 aromatic carbocycles. The molecular formula is C11H12N4O2. The summed E-state index contributed by atoms with van der Waals surface area (Å²) in [6.07, 6.45) is 2.60. The van der Waals surface area contributed by atoms with Gasteiger partial charge in [0, 0.05) is 12.4 Å². The van der Waals surface area contributed by atoms with Crippen molar-refractivity contribution in [3.05, 3.63) is 41.9 Å². The molecule has 0 saturated heterocycles. The lowest BCUT2D eigenvalue weighted by atomic mass is 10.2. The maximum absolute atomic E-state index is 10.9. The number of carbonyl (C=O) groups is 1. The number of rotatable bonds is 3. The Balaban J connectivity index is 2.30. The number of nitrogens with zero attached hydrogens (tertiary/aromatic N) is 3. The highest BCUT2D eigenvalue weighted by atomic mass is 16.3. The van der Waals surface area contributed by atoms with E-state index in [9.17, 15) is 9.90 Å². The lowest BCUT2D eigenvalue weighted by molar-refractivity contribution is 0.0995. The molecule has 6 heteroatoms. The predicted octanol–water partition coefficient (Wildman–Crippen LogP) is 0.420. The molecule has 17 heavy (non-hydrogen) atoms. The van der Waals surface area contributed by atoms with Crippen molar-refractivity contribution in [1.29, 1.82) is 0 Å². The first-order valence-electron chi connectivity index (χ1n) is 5.08. The molecule has 0 radical (unpaired) electrons. The Morgan fingerprint density at radius 2 is 2.24 bits per heavy atom. The molecule has 1 atom stereocenters. The van der Waals surface area contributed by atoms with E-state index in [1.165, 1.54) is 10.7 Å². The molecule has 2 rings (SSSR count). The topological polar surface area (TPSA) is 94.0 Å². The summed E-state index contributed by atoms with van der Waals surface area (Å²) in [4.78, 5) is 15.0. The lowest BCUT2D eigenvalue weighted by Crippen LogP contribution is -2.12. The Kier molecular flexibility index (Phi) is 2.88. The van der Waals surface area contributed by atoms with Crippen molar-refractivity contribution >= 4 is 5.91 Å². The van der Waals surface area contributed by atoms with Crippen LogP contribution in [0.25, 0.3) is 5.82 Å². The molecule has 88 valence electrons. The van der Waals surface area contributed by atoms with Crippen LogP contribution in [0.5, 0.6) is 0 Å². The Morgan fingerprint density at radius 1 is 1.47 bits per heavy atom. The van der Waals surface area contributed by atoms with Crippen molar-refractivity contribution in [3.63, 3.8) is 0 Å². The van der Waals surface area contributed by atoms with Crippen LogP contribution in [-0.2, 0) is 0 Å². The van der Waals surface area contributed by atoms with Crippen LogP contribution in [0.3, 0.4) is 0 Å². The zero-order valence-electron chi connectivity index (χ0n) is 9.24. The maximum Gasteiger partial charge on any atom is 0.269 e. The largest absolute Gasteiger partial charge is 0.389 e. The van der Waals surface area contributed by atoms with Crippen molar-refractivity contribution in [3.8, 4) is 5.82 Å². The molecule has 3 N–H and O–H groups in total. The standard InChI is InChI=1S/C11H12N4O2/c1-7(16)8-2-3-10(13-6-8)15-5-4-9(14-15)11(12)17/h2-7,16H,1H3,(H2,12,17). The van der Waals surface area contributed by atoms with Crippen LogP contribution in [0.4, 0.5) is 0 Å². The molecule has 1 unspecified atom stereocenters. The summed E-state index contributed by atoms with van der Waals surface area (Å²) in [7, 11) is 0. The van der Waals surface area contributed by atoms with Crippen LogP contribution < -0.4 is 5.73 Å². The minimum absolute atomic E-state index is 0.186. The van der Waals surface area contributed by atoms with Crippen molar-refractivity contribution in [2.75, 3.05) is 0 Å². The number of amides is 1. The first kappa shape index (κ1) is 11.3. The smallest absolute Gasteiger partial charge is 0.269 e. The van der Waals surface area contributed by atoms with Gasteiger partial charge in [-0.15, -0.1) is 0 Å². The summed E-state index contributed by atoms with van der Waals surface area (Å²) in [6, 6.07) is 4.98. The van der Waals surface area contributed by atoms with E-state index in [4.69, 9.17) is 5.73 Å². The summed E-state index contributed by atoms with van der Waals surface area (Å²) in [6.45, 7) is 1.66. The molecule has 0 saturated carbocycles. The molecule has 0 aliphatic heterocycles. The lowest BCUT2D eigenvalue weighted by Gasteiger charge is -2.05. The van der Waals surface area contributed by atoms with Crippen LogP contribution in [0, 0.1) is 0 Å². The van der Waals surface area contributed by atoms with Crippen LogP contribution in [-0.4, -0.2) is 25.8 Å². The average Bonchev–Trinajstić information content (AvgIpc) is 2.78. The van der Waals surface area contributed by atoms with Crippen LogP contribution in [0.15, 0.2) is 30.6 Å². The Morgan fingerprint density at radius 3 is 2.71 bits per heavy atom. The van der Waals surface area contributed by atoms with Gasteiger partial charge in [-0.2, -0.15) is 5.10 Å². The number of aromatic nitrogens is 3. The summed E-state index contributed by atoms with van der Waals surface area (Å²) in [5.41, 5.74) is 6.01. The van der Waals surface area contributed by atoms with Gasteiger partial charge >= 0.3 is 0 Å². The third kappa shape index (κ3) is 2.31. The Labute approximate surface area is 97.7 Å². The van der Waals surface area contributed by atoms with Crippen LogP contribution >= 0.6 is 0 Å². The quantitative estimate of drug-likeness (QED) is 0.801. The van der Waals surface area contributed by atoms with E-state index >= 15 is 0 Å². The molecule has 1 amide bonds. The summed E-state index contributed by atoms with van der Waals surface area (Å²) < 4.78 is 1.45. The van der Waals surface area contributed by atoms with Crippen LogP contribution in [0.1, 0.15) is 29.1 Å². The summed E-state index contributed by atoms with van der Waals surface area (Å²) in [5, 5.41) is 13.3. The first-order valence-corrected chi connectivity index (χ1v) is 5.08. The molecule has 0 aliphatic carbocycles. The van der Waals surface area contributed by atoms with Gasteiger partial charge in [-0.05, 0) is 24.6 Å². The van der Waals surface area contributed by atoms with Gasteiger partial charge in [-0.3, -0.25) is 4.79 Å². The van der Waals surface area contributed by atoms with Gasteiger partial charge in [0.1, 0.15) is 5.69 Å². The van der Waals surface area contributed by atoms with Gasteiger partial charge in [0.25, 0.3) is 5.91 Å². The fraction of sp³-hybridized carbons (Fsp3) is 0.182. The Hall–Kier alpha value is -2.21. The number of aliphatic hydroxyl groups is 1. The van der Waals surface area contributed by atoms with E-state index in [0.29, 0.717) is 5.82 Å². The number of carbonyl (C=O) groups excluding carboxylic acids is 1. The summed E-state index contributed by atoms with van der Waals surface area (Å²) >= 11 is 0. The van der Waals surface area contributed by atoms with Crippen molar-refractivity contribution in [1.82, 2.24) is 14.8 Å². The normalized spacial score (nSPS) is 12.4. The zero-order chi connectivity index (χ0) is 12.4.